The molecule has 0 aliphatic rings. The van der Waals surface area contributed by atoms with Gasteiger partial charge in [-0.05, 0) is 30.3 Å². The second-order valence-corrected chi connectivity index (χ2v) is 5.70. The summed E-state index contributed by atoms with van der Waals surface area (Å²) in [6, 6.07) is 9.84. The lowest BCUT2D eigenvalue weighted by atomic mass is 10.3. The van der Waals surface area contributed by atoms with Crippen molar-refractivity contribution in [3.63, 3.8) is 0 Å². The predicted octanol–water partition coefficient (Wildman–Crippen LogP) is 4.84. The second kappa shape index (κ2) is 5.34. The van der Waals surface area contributed by atoms with Crippen LogP contribution in [0.3, 0.4) is 0 Å². The zero-order valence-electron chi connectivity index (χ0n) is 10.2. The van der Waals surface area contributed by atoms with E-state index in [0.717, 1.165) is 23.1 Å². The van der Waals surface area contributed by atoms with E-state index in [1.165, 1.54) is 6.07 Å². The van der Waals surface area contributed by atoms with Gasteiger partial charge in [-0.15, -0.1) is 11.3 Å². The monoisotopic (exact) mass is 310 g/mol. The fourth-order valence-electron chi connectivity index (χ4n) is 1.83. The molecule has 0 fully saturated rings. The molecular weight excluding hydrogens is 302 g/mol. The van der Waals surface area contributed by atoms with Crippen LogP contribution in [-0.4, -0.2) is 4.98 Å². The van der Waals surface area contributed by atoms with Crippen LogP contribution in [0, 0.1) is 11.6 Å². The van der Waals surface area contributed by atoms with Crippen molar-refractivity contribution in [3.8, 4) is 0 Å². The van der Waals surface area contributed by atoms with E-state index >= 15 is 0 Å². The van der Waals surface area contributed by atoms with Crippen molar-refractivity contribution in [2.45, 2.75) is 6.54 Å². The van der Waals surface area contributed by atoms with Gasteiger partial charge in [-0.2, -0.15) is 0 Å². The summed E-state index contributed by atoms with van der Waals surface area (Å²) in [6.45, 7) is 0.431. The van der Waals surface area contributed by atoms with Gasteiger partial charge in [0.05, 0.1) is 16.8 Å². The van der Waals surface area contributed by atoms with Crippen LogP contribution in [0.15, 0.2) is 36.4 Å². The van der Waals surface area contributed by atoms with Crippen LogP contribution in [0.5, 0.6) is 0 Å². The van der Waals surface area contributed by atoms with Crippen LogP contribution in [0.2, 0.25) is 5.02 Å². The third kappa shape index (κ3) is 2.59. The number of nitrogens with zero attached hydrogens (tertiary/aromatic N) is 1. The number of fused-ring (bicyclic) bond motifs is 1. The summed E-state index contributed by atoms with van der Waals surface area (Å²) < 4.78 is 27.0. The average Bonchev–Trinajstić information content (AvgIpc) is 2.85. The van der Waals surface area contributed by atoms with Gasteiger partial charge in [0.2, 0.25) is 0 Å². The highest BCUT2D eigenvalue weighted by atomic mass is 35.5. The van der Waals surface area contributed by atoms with Gasteiger partial charge in [0.25, 0.3) is 0 Å². The highest BCUT2D eigenvalue weighted by molar-refractivity contribution is 7.18. The molecule has 1 heterocycles. The lowest BCUT2D eigenvalue weighted by molar-refractivity contribution is 0.518. The third-order valence-corrected chi connectivity index (χ3v) is 4.06. The van der Waals surface area contributed by atoms with E-state index in [9.17, 15) is 8.78 Å². The number of rotatable bonds is 3. The molecule has 0 saturated carbocycles. The first-order chi connectivity index (χ1) is 9.63. The largest absolute Gasteiger partial charge is 0.378 e. The third-order valence-electron chi connectivity index (χ3n) is 2.76. The van der Waals surface area contributed by atoms with Crippen LogP contribution in [-0.2, 0) is 6.54 Å². The summed E-state index contributed by atoms with van der Waals surface area (Å²) in [5.74, 6) is -1.69. The molecule has 1 N–H and O–H groups in total. The van der Waals surface area contributed by atoms with E-state index < -0.39 is 11.6 Å². The molecule has 0 atom stereocenters. The number of hydrogen-bond donors (Lipinski definition) is 1. The van der Waals surface area contributed by atoms with Crippen molar-refractivity contribution in [3.05, 3.63) is 58.1 Å². The van der Waals surface area contributed by atoms with E-state index in [4.69, 9.17) is 11.6 Å². The van der Waals surface area contributed by atoms with Gasteiger partial charge >= 0.3 is 0 Å². The molecule has 3 rings (SSSR count). The average molecular weight is 311 g/mol. The zero-order valence-corrected chi connectivity index (χ0v) is 11.7. The fourth-order valence-corrected chi connectivity index (χ4v) is 2.95. The molecule has 2 nitrogen and oxygen atoms in total. The Bertz CT molecular complexity index is 773. The van der Waals surface area contributed by atoms with Gasteiger partial charge in [0.1, 0.15) is 5.01 Å². The molecule has 0 bridgehead atoms. The standard InChI is InChI=1S/C14H9ClF2N2S/c15-8-2-1-3-9(6-8)18-7-12-19-11-5-4-10(16)13(17)14(11)20-12/h1-6,18H,7H2. The van der Waals surface area contributed by atoms with Crippen molar-refractivity contribution in [2.75, 3.05) is 5.32 Å². The number of halogens is 3. The Balaban J connectivity index is 1.83. The number of benzene rings is 2. The van der Waals surface area contributed by atoms with E-state index in [2.05, 4.69) is 10.3 Å². The van der Waals surface area contributed by atoms with Crippen LogP contribution in [0.25, 0.3) is 10.2 Å². The smallest absolute Gasteiger partial charge is 0.178 e. The Hall–Kier alpha value is -1.72. The molecular formula is C14H9ClF2N2S. The van der Waals surface area contributed by atoms with Gasteiger partial charge in [0.15, 0.2) is 11.6 Å². The van der Waals surface area contributed by atoms with Crippen molar-refractivity contribution >= 4 is 38.8 Å². The first-order valence-electron chi connectivity index (χ1n) is 5.86. The van der Waals surface area contributed by atoms with Gasteiger partial charge in [-0.25, -0.2) is 13.8 Å². The van der Waals surface area contributed by atoms with Crippen LogP contribution >= 0.6 is 22.9 Å². The maximum absolute atomic E-state index is 13.6. The van der Waals surface area contributed by atoms with Crippen molar-refractivity contribution in [2.24, 2.45) is 0 Å². The number of anilines is 1. The maximum atomic E-state index is 13.6. The molecule has 0 radical (unpaired) electrons. The number of aromatic nitrogens is 1. The number of nitrogens with one attached hydrogen (secondary N) is 1. The van der Waals surface area contributed by atoms with Gasteiger partial charge in [0, 0.05) is 10.7 Å². The summed E-state index contributed by atoms with van der Waals surface area (Å²) >= 11 is 7.02. The minimum absolute atomic E-state index is 0.243. The Labute approximate surface area is 123 Å². The molecule has 1 aromatic heterocycles. The fraction of sp³-hybridized carbons (Fsp3) is 0.0714. The minimum atomic E-state index is -0.851. The minimum Gasteiger partial charge on any atom is -0.378 e. The molecule has 0 amide bonds. The Kier molecular flexibility index (Phi) is 3.54. The summed E-state index contributed by atoms with van der Waals surface area (Å²) in [4.78, 5) is 4.27. The van der Waals surface area contributed by atoms with Gasteiger partial charge in [-0.1, -0.05) is 17.7 Å². The lowest BCUT2D eigenvalue weighted by Gasteiger charge is -2.03. The highest BCUT2D eigenvalue weighted by Gasteiger charge is 2.12. The molecule has 0 aliphatic heterocycles. The summed E-state index contributed by atoms with van der Waals surface area (Å²) in [6.07, 6.45) is 0. The molecule has 0 aliphatic carbocycles. The van der Waals surface area contributed by atoms with Gasteiger partial charge in [-0.3, -0.25) is 0 Å². The van der Waals surface area contributed by atoms with Crippen LogP contribution in [0.1, 0.15) is 5.01 Å². The molecule has 3 aromatic rings. The Morgan fingerprint density at radius 3 is 2.85 bits per heavy atom. The number of hydrogen-bond acceptors (Lipinski definition) is 3. The molecule has 0 saturated heterocycles. The SMILES string of the molecule is Fc1ccc2nc(CNc3cccc(Cl)c3)sc2c1F. The molecule has 20 heavy (non-hydrogen) atoms. The normalized spacial score (nSPS) is 10.9. The predicted molar refractivity (Wildman–Crippen MR) is 78.3 cm³/mol. The summed E-state index contributed by atoms with van der Waals surface area (Å²) in [5, 5.41) is 4.46. The van der Waals surface area contributed by atoms with E-state index in [1.54, 1.807) is 12.1 Å². The first kappa shape index (κ1) is 13.3. The molecule has 2 aromatic carbocycles. The number of thiazole rings is 1. The maximum Gasteiger partial charge on any atom is 0.178 e. The quantitative estimate of drug-likeness (QED) is 0.748. The zero-order chi connectivity index (χ0) is 14.1. The van der Waals surface area contributed by atoms with Crippen molar-refractivity contribution in [1.29, 1.82) is 0 Å². The van der Waals surface area contributed by atoms with Crippen molar-refractivity contribution < 1.29 is 8.78 Å². The lowest BCUT2D eigenvalue weighted by Crippen LogP contribution is -1.98. The van der Waals surface area contributed by atoms with Crippen LogP contribution < -0.4 is 5.32 Å². The topological polar surface area (TPSA) is 24.9 Å². The molecule has 0 unspecified atom stereocenters. The second-order valence-electron chi connectivity index (χ2n) is 4.18. The summed E-state index contributed by atoms with van der Waals surface area (Å²) in [5.41, 5.74) is 1.32. The molecule has 0 spiro atoms. The summed E-state index contributed by atoms with van der Waals surface area (Å²) in [7, 11) is 0. The van der Waals surface area contributed by atoms with E-state index in [1.807, 2.05) is 12.1 Å². The highest BCUT2D eigenvalue weighted by Crippen LogP contribution is 2.27. The van der Waals surface area contributed by atoms with Crippen molar-refractivity contribution in [1.82, 2.24) is 4.98 Å². The Morgan fingerprint density at radius 1 is 1.20 bits per heavy atom. The Morgan fingerprint density at radius 2 is 2.05 bits per heavy atom. The van der Waals surface area contributed by atoms with E-state index in [-0.39, 0.29) is 4.70 Å². The molecule has 102 valence electrons. The van der Waals surface area contributed by atoms with E-state index in [0.29, 0.717) is 22.1 Å². The molecule has 6 heteroatoms. The van der Waals surface area contributed by atoms with Gasteiger partial charge < -0.3 is 5.32 Å². The first-order valence-corrected chi connectivity index (χ1v) is 7.06. The van der Waals surface area contributed by atoms with Crippen LogP contribution in [0.4, 0.5) is 14.5 Å².